The number of likely N-dealkylation sites (N-methyl/N-ethyl adjacent to an activating group) is 1. The van der Waals surface area contributed by atoms with Crippen LogP contribution in [0.2, 0.25) is 5.02 Å². The normalized spacial score (nSPS) is 11.2. The minimum atomic E-state index is -0.247. The highest BCUT2D eigenvalue weighted by molar-refractivity contribution is 6.39. The Hall–Kier alpha value is -3.94. The molecular formula is C28H28ClN5O2. The maximum absolute atomic E-state index is 12.5. The summed E-state index contributed by atoms with van der Waals surface area (Å²) < 4.78 is 5.86. The van der Waals surface area contributed by atoms with Gasteiger partial charge in [0.25, 0.3) is 0 Å². The van der Waals surface area contributed by atoms with Crippen LogP contribution in [0.4, 0.5) is 17.2 Å². The van der Waals surface area contributed by atoms with Crippen LogP contribution in [0.15, 0.2) is 85.2 Å². The number of aromatic nitrogens is 2. The Morgan fingerprint density at radius 1 is 0.972 bits per heavy atom. The summed E-state index contributed by atoms with van der Waals surface area (Å²) in [7, 11) is 0. The van der Waals surface area contributed by atoms with Crippen LogP contribution in [0.3, 0.4) is 0 Å². The zero-order valence-electron chi connectivity index (χ0n) is 20.2. The van der Waals surface area contributed by atoms with Gasteiger partial charge in [-0.15, -0.1) is 0 Å². The van der Waals surface area contributed by atoms with Crippen molar-refractivity contribution in [2.45, 2.75) is 13.8 Å². The lowest BCUT2D eigenvalue weighted by Gasteiger charge is -2.15. The first kappa shape index (κ1) is 25.2. The van der Waals surface area contributed by atoms with Crippen LogP contribution >= 0.6 is 11.6 Å². The number of carbonyl (C=O) groups excluding carboxylic acids is 1. The Morgan fingerprint density at radius 3 is 2.42 bits per heavy atom. The molecule has 0 aliphatic rings. The summed E-state index contributed by atoms with van der Waals surface area (Å²) in [6, 6.07) is 20.7. The van der Waals surface area contributed by atoms with Crippen LogP contribution < -0.4 is 15.4 Å². The van der Waals surface area contributed by atoms with E-state index >= 15 is 0 Å². The number of halogens is 1. The molecule has 8 heteroatoms. The molecule has 0 spiro atoms. The maximum atomic E-state index is 12.5. The summed E-state index contributed by atoms with van der Waals surface area (Å²) >= 11 is 6.71. The third-order valence-corrected chi connectivity index (χ3v) is 6.01. The number of ether oxygens (including phenoxy) is 1. The second kappa shape index (κ2) is 12.2. The molecule has 4 rings (SSSR count). The highest BCUT2D eigenvalue weighted by Crippen LogP contribution is 2.35. The molecule has 0 saturated carbocycles. The van der Waals surface area contributed by atoms with Crippen LogP contribution in [0.1, 0.15) is 13.8 Å². The fraction of sp³-hybridized carbons (Fsp3) is 0.179. The standard InChI is InChI=1S/C28H28ClN5O2/c1-3-34(4-2)18-8-11-25(35)33-24-17-16-23-26(27(24)29)28(31-19-30-23)32-20-12-14-22(15-13-20)36-21-9-6-5-7-10-21/h5-17,19H,3-4,18H2,1-2H3,(H,33,35)(H,30,31,32)/b11-8+. The monoisotopic (exact) mass is 501 g/mol. The average molecular weight is 502 g/mol. The smallest absolute Gasteiger partial charge is 0.248 e. The van der Waals surface area contributed by atoms with Gasteiger partial charge in [0, 0.05) is 18.3 Å². The maximum Gasteiger partial charge on any atom is 0.248 e. The highest BCUT2D eigenvalue weighted by Gasteiger charge is 2.13. The largest absolute Gasteiger partial charge is 0.457 e. The third kappa shape index (κ3) is 6.38. The number of benzene rings is 3. The zero-order valence-corrected chi connectivity index (χ0v) is 21.0. The molecule has 1 heterocycles. The van der Waals surface area contributed by atoms with Crippen molar-refractivity contribution in [2.24, 2.45) is 0 Å². The van der Waals surface area contributed by atoms with Gasteiger partial charge in [-0.05, 0) is 61.6 Å². The minimum absolute atomic E-state index is 0.247. The molecule has 0 unspecified atom stereocenters. The third-order valence-electron chi connectivity index (χ3n) is 5.62. The number of amides is 1. The summed E-state index contributed by atoms with van der Waals surface area (Å²) in [5, 5.41) is 7.14. The predicted molar refractivity (Wildman–Crippen MR) is 146 cm³/mol. The van der Waals surface area contributed by atoms with Crippen molar-refractivity contribution in [3.05, 3.63) is 90.2 Å². The summed E-state index contributed by atoms with van der Waals surface area (Å²) in [6.45, 7) is 6.75. The first-order valence-electron chi connectivity index (χ1n) is 11.8. The number of carbonyl (C=O) groups is 1. The molecule has 7 nitrogen and oxygen atoms in total. The van der Waals surface area contributed by atoms with E-state index in [0.29, 0.717) is 34.0 Å². The van der Waals surface area contributed by atoms with Gasteiger partial charge >= 0.3 is 0 Å². The molecule has 0 atom stereocenters. The van der Waals surface area contributed by atoms with Crippen molar-refractivity contribution in [2.75, 3.05) is 30.3 Å². The molecule has 184 valence electrons. The van der Waals surface area contributed by atoms with E-state index in [1.54, 1.807) is 12.1 Å². The van der Waals surface area contributed by atoms with E-state index in [1.165, 1.54) is 12.4 Å². The van der Waals surface area contributed by atoms with Gasteiger partial charge < -0.3 is 20.3 Å². The number of hydrogen-bond acceptors (Lipinski definition) is 6. The second-order valence-electron chi connectivity index (χ2n) is 7.99. The van der Waals surface area contributed by atoms with Gasteiger partial charge in [-0.25, -0.2) is 9.97 Å². The van der Waals surface area contributed by atoms with Crippen molar-refractivity contribution >= 4 is 45.6 Å². The van der Waals surface area contributed by atoms with Crippen molar-refractivity contribution in [1.29, 1.82) is 0 Å². The van der Waals surface area contributed by atoms with Gasteiger partial charge in [0.2, 0.25) is 5.91 Å². The Labute approximate surface area is 215 Å². The number of fused-ring (bicyclic) bond motifs is 1. The molecule has 3 aromatic carbocycles. The van der Waals surface area contributed by atoms with Gasteiger partial charge in [0.1, 0.15) is 23.6 Å². The summed E-state index contributed by atoms with van der Waals surface area (Å²) in [5.41, 5.74) is 1.96. The van der Waals surface area contributed by atoms with Gasteiger partial charge in [0.05, 0.1) is 21.6 Å². The molecule has 4 aromatic rings. The second-order valence-corrected chi connectivity index (χ2v) is 8.36. The van der Waals surface area contributed by atoms with E-state index in [4.69, 9.17) is 16.3 Å². The quantitative estimate of drug-likeness (QED) is 0.237. The number of nitrogens with zero attached hydrogens (tertiary/aromatic N) is 3. The zero-order chi connectivity index (χ0) is 25.3. The first-order valence-corrected chi connectivity index (χ1v) is 12.2. The molecule has 0 aliphatic carbocycles. The summed E-state index contributed by atoms with van der Waals surface area (Å²) in [6.07, 6.45) is 4.85. The number of anilines is 3. The molecular weight excluding hydrogens is 474 g/mol. The minimum Gasteiger partial charge on any atom is -0.457 e. The number of hydrogen-bond donors (Lipinski definition) is 2. The summed E-state index contributed by atoms with van der Waals surface area (Å²) in [4.78, 5) is 23.4. The predicted octanol–water partition coefficient (Wildman–Crippen LogP) is 6.66. The van der Waals surface area contributed by atoms with E-state index in [1.807, 2.05) is 60.7 Å². The van der Waals surface area contributed by atoms with Gasteiger partial charge in [-0.1, -0.05) is 49.7 Å². The van der Waals surface area contributed by atoms with Crippen molar-refractivity contribution in [3.8, 4) is 11.5 Å². The van der Waals surface area contributed by atoms with Crippen LogP contribution in [-0.4, -0.2) is 40.4 Å². The van der Waals surface area contributed by atoms with E-state index in [2.05, 4.69) is 39.3 Å². The fourth-order valence-electron chi connectivity index (χ4n) is 3.64. The Balaban J connectivity index is 1.50. The molecule has 36 heavy (non-hydrogen) atoms. The Kier molecular flexibility index (Phi) is 8.49. The molecule has 0 fully saturated rings. The van der Waals surface area contributed by atoms with Crippen molar-refractivity contribution in [1.82, 2.24) is 14.9 Å². The number of nitrogens with one attached hydrogen (secondary N) is 2. The van der Waals surface area contributed by atoms with Crippen LogP contribution in [0, 0.1) is 0 Å². The van der Waals surface area contributed by atoms with Crippen LogP contribution in [0.5, 0.6) is 11.5 Å². The molecule has 0 saturated heterocycles. The SMILES string of the molecule is CCN(CC)C/C=C/C(=O)Nc1ccc2ncnc(Nc3ccc(Oc4ccccc4)cc3)c2c1Cl. The van der Waals surface area contributed by atoms with Gasteiger partial charge in [-0.3, -0.25) is 4.79 Å². The molecule has 0 radical (unpaired) electrons. The molecule has 0 aliphatic heterocycles. The van der Waals surface area contributed by atoms with Crippen LogP contribution in [0.25, 0.3) is 10.9 Å². The van der Waals surface area contributed by atoms with Gasteiger partial charge in [-0.2, -0.15) is 0 Å². The lowest BCUT2D eigenvalue weighted by Crippen LogP contribution is -2.23. The molecule has 2 N–H and O–H groups in total. The van der Waals surface area contributed by atoms with E-state index in [-0.39, 0.29) is 5.91 Å². The molecule has 1 amide bonds. The van der Waals surface area contributed by atoms with E-state index in [9.17, 15) is 4.79 Å². The molecule has 0 bridgehead atoms. The highest BCUT2D eigenvalue weighted by atomic mass is 35.5. The number of para-hydroxylation sites is 1. The number of rotatable bonds is 10. The Morgan fingerprint density at radius 2 is 1.69 bits per heavy atom. The average Bonchev–Trinajstić information content (AvgIpc) is 2.90. The topological polar surface area (TPSA) is 79.4 Å². The van der Waals surface area contributed by atoms with Crippen LogP contribution in [-0.2, 0) is 4.79 Å². The lowest BCUT2D eigenvalue weighted by molar-refractivity contribution is -0.111. The van der Waals surface area contributed by atoms with Crippen molar-refractivity contribution in [3.63, 3.8) is 0 Å². The van der Waals surface area contributed by atoms with Crippen molar-refractivity contribution < 1.29 is 9.53 Å². The van der Waals surface area contributed by atoms with Gasteiger partial charge in [0.15, 0.2) is 0 Å². The lowest BCUT2D eigenvalue weighted by atomic mass is 10.2. The summed E-state index contributed by atoms with van der Waals surface area (Å²) in [5.74, 6) is 1.78. The molecule has 1 aromatic heterocycles. The first-order chi connectivity index (χ1) is 17.6. The van der Waals surface area contributed by atoms with E-state index in [0.717, 1.165) is 30.3 Å². The van der Waals surface area contributed by atoms with E-state index < -0.39 is 0 Å². The Bertz CT molecular complexity index is 1340. The fourth-order valence-corrected chi connectivity index (χ4v) is 3.93.